The number of para-hydroxylation sites is 1. The average Bonchev–Trinajstić information content (AvgIpc) is 2.84. The van der Waals surface area contributed by atoms with Crippen LogP contribution in [0.15, 0.2) is 72.3 Å². The summed E-state index contributed by atoms with van der Waals surface area (Å²) >= 11 is 0. The van der Waals surface area contributed by atoms with E-state index in [-0.39, 0.29) is 0 Å². The zero-order valence-corrected chi connectivity index (χ0v) is 21.4. The number of carboxylic acid groups (broad SMARTS) is 1. The van der Waals surface area contributed by atoms with Crippen molar-refractivity contribution in [3.8, 4) is 5.75 Å². The second-order valence-corrected chi connectivity index (χ2v) is 9.59. The van der Waals surface area contributed by atoms with Crippen molar-refractivity contribution in [2.75, 3.05) is 32.9 Å². The Hall–Kier alpha value is -2.89. The summed E-state index contributed by atoms with van der Waals surface area (Å²) in [6.07, 6.45) is 7.38. The predicted octanol–water partition coefficient (Wildman–Crippen LogP) is 6.69. The molecule has 1 unspecified atom stereocenters. The van der Waals surface area contributed by atoms with Gasteiger partial charge in [0.25, 0.3) is 0 Å². The first-order valence-corrected chi connectivity index (χ1v) is 12.8. The molecule has 0 aliphatic carbocycles. The van der Waals surface area contributed by atoms with Crippen molar-refractivity contribution < 1.29 is 19.4 Å². The van der Waals surface area contributed by atoms with Crippen LogP contribution in [-0.4, -0.2) is 44.0 Å². The van der Waals surface area contributed by atoms with Gasteiger partial charge in [-0.3, -0.25) is 4.48 Å². The van der Waals surface area contributed by atoms with Crippen molar-refractivity contribution in [2.24, 2.45) is 5.92 Å². The molecule has 0 aromatic heterocycles. The van der Waals surface area contributed by atoms with Crippen LogP contribution in [0.25, 0.3) is 5.70 Å². The molecule has 5 heteroatoms. The van der Waals surface area contributed by atoms with E-state index in [0.29, 0.717) is 35.6 Å². The summed E-state index contributed by atoms with van der Waals surface area (Å²) in [6.45, 7) is 10.3. The van der Waals surface area contributed by atoms with Crippen molar-refractivity contribution in [3.05, 3.63) is 77.9 Å². The van der Waals surface area contributed by atoms with Crippen LogP contribution in [-0.2, 0) is 9.53 Å². The third-order valence-corrected chi connectivity index (χ3v) is 6.38. The molecule has 0 bridgehead atoms. The van der Waals surface area contributed by atoms with Crippen molar-refractivity contribution in [2.45, 2.75) is 46.5 Å². The molecule has 188 valence electrons. The van der Waals surface area contributed by atoms with E-state index in [1.165, 1.54) is 5.69 Å². The number of unbranched alkanes of at least 4 members (excludes halogenated alkanes) is 1. The molecule has 0 saturated heterocycles. The Morgan fingerprint density at radius 1 is 1.00 bits per heavy atom. The molecule has 1 N–H and O–H groups in total. The summed E-state index contributed by atoms with van der Waals surface area (Å²) in [4.78, 5) is 11.8. The first kappa shape index (κ1) is 26.7. The maximum atomic E-state index is 11.8. The van der Waals surface area contributed by atoms with Gasteiger partial charge in [-0.2, -0.15) is 0 Å². The van der Waals surface area contributed by atoms with Gasteiger partial charge in [-0.15, -0.1) is 0 Å². The van der Waals surface area contributed by atoms with Crippen LogP contribution >= 0.6 is 0 Å². The normalized spacial score (nSPS) is 18.4. The molecule has 2 aromatic rings. The van der Waals surface area contributed by atoms with E-state index < -0.39 is 5.97 Å². The van der Waals surface area contributed by atoms with E-state index >= 15 is 0 Å². The molecule has 1 aliphatic rings. The Bertz CT molecular complexity index is 995. The number of benzene rings is 2. The Kier molecular flexibility index (Phi) is 10.1. The summed E-state index contributed by atoms with van der Waals surface area (Å²) in [6, 6.07) is 18.8. The van der Waals surface area contributed by atoms with Crippen LogP contribution in [0.3, 0.4) is 0 Å². The monoisotopic (exact) mass is 478 g/mol. The van der Waals surface area contributed by atoms with Crippen LogP contribution in [0.5, 0.6) is 5.75 Å². The molecule has 35 heavy (non-hydrogen) atoms. The van der Waals surface area contributed by atoms with E-state index in [0.717, 1.165) is 56.0 Å². The summed E-state index contributed by atoms with van der Waals surface area (Å²) in [5.74, 6) is 0.424. The molecule has 0 saturated carbocycles. The number of aliphatic carboxylic acids is 1. The molecule has 1 aliphatic heterocycles. The number of nitrogens with zero attached hydrogens (tertiary/aromatic N) is 1. The van der Waals surface area contributed by atoms with E-state index in [1.807, 2.05) is 24.3 Å². The van der Waals surface area contributed by atoms with Gasteiger partial charge < -0.3 is 14.6 Å². The van der Waals surface area contributed by atoms with Gasteiger partial charge in [0.2, 0.25) is 0 Å². The number of quaternary nitrogens is 1. The van der Waals surface area contributed by atoms with Crippen molar-refractivity contribution >= 4 is 17.4 Å². The number of hydrogen-bond donors (Lipinski definition) is 1. The highest BCUT2D eigenvalue weighted by Crippen LogP contribution is 2.38. The zero-order chi connectivity index (χ0) is 25.1. The molecule has 1 atom stereocenters. The van der Waals surface area contributed by atoms with Crippen molar-refractivity contribution in [1.29, 1.82) is 0 Å². The average molecular weight is 479 g/mol. The largest absolute Gasteiger partial charge is 0.491 e. The number of hydrogen-bond acceptors (Lipinski definition) is 3. The Balaban J connectivity index is 1.95. The van der Waals surface area contributed by atoms with Crippen molar-refractivity contribution in [3.63, 3.8) is 0 Å². The van der Waals surface area contributed by atoms with Crippen LogP contribution < -0.4 is 9.22 Å². The third kappa shape index (κ3) is 7.30. The lowest BCUT2D eigenvalue weighted by Crippen LogP contribution is -2.51. The van der Waals surface area contributed by atoms with Gasteiger partial charge in [0.05, 0.1) is 19.7 Å². The van der Waals surface area contributed by atoms with Gasteiger partial charge in [0, 0.05) is 36.2 Å². The molecular weight excluding hydrogens is 438 g/mol. The fourth-order valence-corrected chi connectivity index (χ4v) is 4.78. The van der Waals surface area contributed by atoms with Gasteiger partial charge >= 0.3 is 5.97 Å². The van der Waals surface area contributed by atoms with Crippen molar-refractivity contribution in [1.82, 2.24) is 4.48 Å². The molecule has 0 spiro atoms. The molecule has 2 aromatic carbocycles. The fraction of sp³-hybridized carbons (Fsp3) is 0.433. The van der Waals surface area contributed by atoms with E-state index in [4.69, 9.17) is 9.47 Å². The van der Waals surface area contributed by atoms with Crippen LogP contribution in [0.1, 0.15) is 52.0 Å². The second kappa shape index (κ2) is 13.3. The Labute approximate surface area is 210 Å². The smallest absolute Gasteiger partial charge is 0.331 e. The number of allylic oxidation sites excluding steroid dienone is 2. The van der Waals surface area contributed by atoms with Gasteiger partial charge in [-0.25, -0.2) is 4.79 Å². The fourth-order valence-electron chi connectivity index (χ4n) is 4.78. The lowest BCUT2D eigenvalue weighted by Gasteiger charge is -2.41. The quantitative estimate of drug-likeness (QED) is 0.273. The minimum atomic E-state index is -0.839. The first-order chi connectivity index (χ1) is 17.0. The highest BCUT2D eigenvalue weighted by molar-refractivity contribution is 5.88. The predicted molar refractivity (Wildman–Crippen MR) is 143 cm³/mol. The molecule has 0 fully saturated rings. The first-order valence-electron chi connectivity index (χ1n) is 12.8. The highest BCUT2D eigenvalue weighted by Gasteiger charge is 2.37. The van der Waals surface area contributed by atoms with Gasteiger partial charge in [-0.05, 0) is 55.3 Å². The summed E-state index contributed by atoms with van der Waals surface area (Å²) in [5, 5.41) is 9.66. The SMILES string of the molecule is CCCCOCCOc1ccc(C2=CC=C(C(=O)O)CCC[N+]2(CC(C)C)c2ccccc2)cc1. The number of ether oxygens (including phenoxy) is 2. The molecule has 0 amide bonds. The van der Waals surface area contributed by atoms with E-state index in [9.17, 15) is 9.90 Å². The topological polar surface area (TPSA) is 55.8 Å². The minimum Gasteiger partial charge on any atom is -0.491 e. The van der Waals surface area contributed by atoms with Gasteiger partial charge in [-0.1, -0.05) is 45.4 Å². The number of rotatable bonds is 12. The zero-order valence-electron chi connectivity index (χ0n) is 21.4. The summed E-state index contributed by atoms with van der Waals surface area (Å²) < 4.78 is 12.2. The molecule has 1 heterocycles. The van der Waals surface area contributed by atoms with E-state index in [2.05, 4.69) is 57.2 Å². The van der Waals surface area contributed by atoms with Crippen LogP contribution in [0.4, 0.5) is 5.69 Å². The lowest BCUT2D eigenvalue weighted by molar-refractivity contribution is -0.132. The summed E-state index contributed by atoms with van der Waals surface area (Å²) in [5.41, 5.74) is 3.87. The third-order valence-electron chi connectivity index (χ3n) is 6.38. The number of carbonyl (C=O) groups is 1. The maximum Gasteiger partial charge on any atom is 0.331 e. The maximum absolute atomic E-state index is 11.8. The van der Waals surface area contributed by atoms with E-state index in [1.54, 1.807) is 6.08 Å². The standard InChI is InChI=1S/C30H39NO4/c1-4-5-20-34-21-22-35-28-16-13-25(14-17-28)29-18-15-26(30(32)33)10-9-19-31(29,23-24(2)3)27-11-7-6-8-12-27/h6-8,11-18,24H,4-5,9-10,19-23H2,1-3H3/p+1. The molecule has 3 rings (SSSR count). The lowest BCUT2D eigenvalue weighted by atomic mass is 9.97. The van der Waals surface area contributed by atoms with Crippen LogP contribution in [0, 0.1) is 5.92 Å². The van der Waals surface area contributed by atoms with Gasteiger partial charge in [0.15, 0.2) is 0 Å². The Morgan fingerprint density at radius 3 is 2.40 bits per heavy atom. The molecule has 0 radical (unpaired) electrons. The van der Waals surface area contributed by atoms with Gasteiger partial charge in [0.1, 0.15) is 23.7 Å². The molecule has 5 nitrogen and oxygen atoms in total. The second-order valence-electron chi connectivity index (χ2n) is 9.59. The highest BCUT2D eigenvalue weighted by atomic mass is 16.5. The Morgan fingerprint density at radius 2 is 1.74 bits per heavy atom. The minimum absolute atomic E-state index is 0.455. The number of carboxylic acids is 1. The summed E-state index contributed by atoms with van der Waals surface area (Å²) in [7, 11) is 0. The molecular formula is C30H40NO4+. The van der Waals surface area contributed by atoms with Crippen LogP contribution in [0.2, 0.25) is 0 Å².